The van der Waals surface area contributed by atoms with E-state index in [0.717, 1.165) is 18.4 Å². The van der Waals surface area contributed by atoms with Crippen LogP contribution in [0, 0.1) is 0 Å². The summed E-state index contributed by atoms with van der Waals surface area (Å²) in [5, 5.41) is 8.58. The molecule has 2 nitrogen and oxygen atoms in total. The number of hydrogen-bond donors (Lipinski definition) is 1. The smallest absolute Gasteiger partial charge is 0.328 e. The molecule has 0 aliphatic carbocycles. The van der Waals surface area contributed by atoms with Crippen LogP contribution < -0.4 is 0 Å². The van der Waals surface area contributed by atoms with Gasteiger partial charge < -0.3 is 5.11 Å². The molecular formula is C17H32O2. The van der Waals surface area contributed by atoms with Crippen LogP contribution in [0.1, 0.15) is 90.9 Å². The normalized spacial score (nSPS) is 11.8. The molecule has 0 aliphatic heterocycles. The van der Waals surface area contributed by atoms with Gasteiger partial charge in [-0.1, -0.05) is 76.7 Å². The second-order valence-corrected chi connectivity index (χ2v) is 5.61. The number of aliphatic carboxylic acids is 1. The minimum atomic E-state index is -0.819. The molecule has 0 radical (unpaired) electrons. The Kier molecular flexibility index (Phi) is 13.1. The van der Waals surface area contributed by atoms with E-state index in [4.69, 9.17) is 5.11 Å². The Morgan fingerprint density at radius 2 is 1.26 bits per heavy atom. The molecule has 0 unspecified atom stereocenters. The van der Waals surface area contributed by atoms with Crippen molar-refractivity contribution in [3.63, 3.8) is 0 Å². The molecule has 0 aliphatic rings. The fourth-order valence-corrected chi connectivity index (χ4v) is 2.35. The fraction of sp³-hybridized carbons (Fsp3) is 0.824. The van der Waals surface area contributed by atoms with Crippen LogP contribution in [0.4, 0.5) is 0 Å². The second kappa shape index (κ2) is 13.6. The van der Waals surface area contributed by atoms with Gasteiger partial charge in [0.15, 0.2) is 0 Å². The summed E-state index contributed by atoms with van der Waals surface area (Å²) in [6, 6.07) is 0. The van der Waals surface area contributed by atoms with Gasteiger partial charge in [0.1, 0.15) is 0 Å². The van der Waals surface area contributed by atoms with Crippen molar-refractivity contribution >= 4 is 5.97 Å². The summed E-state index contributed by atoms with van der Waals surface area (Å²) in [4.78, 5) is 10.4. The first-order valence-corrected chi connectivity index (χ1v) is 8.07. The quantitative estimate of drug-likeness (QED) is 0.343. The zero-order valence-electron chi connectivity index (χ0n) is 12.9. The van der Waals surface area contributed by atoms with Crippen molar-refractivity contribution in [3.05, 3.63) is 11.6 Å². The molecule has 0 saturated heterocycles. The Bertz CT molecular complexity index is 244. The van der Waals surface area contributed by atoms with E-state index in [1.54, 1.807) is 0 Å². The lowest BCUT2D eigenvalue weighted by Gasteiger charge is -2.03. The highest BCUT2D eigenvalue weighted by molar-refractivity contribution is 5.80. The topological polar surface area (TPSA) is 37.3 Å². The fourth-order valence-electron chi connectivity index (χ4n) is 2.35. The van der Waals surface area contributed by atoms with E-state index in [-0.39, 0.29) is 0 Å². The van der Waals surface area contributed by atoms with Crippen LogP contribution >= 0.6 is 0 Å². The van der Waals surface area contributed by atoms with Crippen LogP contribution in [-0.2, 0) is 4.79 Å². The third-order valence-electron chi connectivity index (χ3n) is 3.54. The molecule has 0 amide bonds. The van der Waals surface area contributed by atoms with Gasteiger partial charge in [-0.2, -0.15) is 0 Å². The first-order chi connectivity index (χ1) is 9.16. The Morgan fingerprint density at radius 3 is 1.68 bits per heavy atom. The molecule has 0 aromatic rings. The average molecular weight is 268 g/mol. The monoisotopic (exact) mass is 268 g/mol. The number of carboxylic acids is 1. The Morgan fingerprint density at radius 1 is 0.842 bits per heavy atom. The Balaban J connectivity index is 3.17. The molecule has 0 fully saturated rings. The van der Waals surface area contributed by atoms with Crippen LogP contribution in [0.3, 0.4) is 0 Å². The molecule has 112 valence electrons. The minimum absolute atomic E-state index is 0.819. The molecule has 1 N–H and O–H groups in total. The maximum absolute atomic E-state index is 10.4. The predicted octanol–water partition coefficient (Wildman–Crippen LogP) is 5.72. The van der Waals surface area contributed by atoms with Crippen LogP contribution in [0.15, 0.2) is 11.6 Å². The Hall–Kier alpha value is -0.790. The number of rotatable bonds is 13. The van der Waals surface area contributed by atoms with Gasteiger partial charge in [-0.15, -0.1) is 0 Å². The molecule has 0 bridgehead atoms. The third-order valence-corrected chi connectivity index (χ3v) is 3.54. The summed E-state index contributed by atoms with van der Waals surface area (Å²) in [7, 11) is 0. The van der Waals surface area contributed by atoms with Gasteiger partial charge in [-0.05, 0) is 19.8 Å². The van der Waals surface area contributed by atoms with Crippen molar-refractivity contribution in [3.8, 4) is 0 Å². The van der Waals surface area contributed by atoms with E-state index >= 15 is 0 Å². The number of unbranched alkanes of at least 4 members (excludes halogenated alkanes) is 10. The standard InChI is InChI=1S/C17H32O2/c1-3-4-5-6-7-8-9-10-11-12-13-14-16(2)15-17(18)19/h15H,3-14H2,1-2H3,(H,18,19)/b16-15+. The molecule has 0 spiro atoms. The van der Waals surface area contributed by atoms with Gasteiger partial charge in [0, 0.05) is 6.08 Å². The molecule has 0 heterocycles. The van der Waals surface area contributed by atoms with Crippen molar-refractivity contribution in [2.45, 2.75) is 90.9 Å². The first kappa shape index (κ1) is 18.2. The lowest BCUT2D eigenvalue weighted by atomic mass is 10.0. The van der Waals surface area contributed by atoms with Crippen molar-refractivity contribution in [2.75, 3.05) is 0 Å². The molecular weight excluding hydrogens is 236 g/mol. The molecule has 0 atom stereocenters. The largest absolute Gasteiger partial charge is 0.478 e. The molecule has 0 rings (SSSR count). The van der Waals surface area contributed by atoms with Crippen LogP contribution in [0.25, 0.3) is 0 Å². The molecule has 0 saturated carbocycles. The highest BCUT2D eigenvalue weighted by atomic mass is 16.4. The third kappa shape index (κ3) is 15.2. The van der Waals surface area contributed by atoms with Gasteiger partial charge in [0.25, 0.3) is 0 Å². The summed E-state index contributed by atoms with van der Waals surface area (Å²) in [6.45, 7) is 4.16. The lowest BCUT2D eigenvalue weighted by molar-refractivity contribution is -0.131. The summed E-state index contributed by atoms with van der Waals surface area (Å²) in [5.41, 5.74) is 0.989. The number of allylic oxidation sites excluding steroid dienone is 1. The van der Waals surface area contributed by atoms with E-state index in [1.165, 1.54) is 70.3 Å². The van der Waals surface area contributed by atoms with Crippen molar-refractivity contribution in [1.29, 1.82) is 0 Å². The summed E-state index contributed by atoms with van der Waals surface area (Å²) in [5.74, 6) is -0.819. The van der Waals surface area contributed by atoms with Crippen LogP contribution in [-0.4, -0.2) is 11.1 Å². The Labute approximate surface area is 119 Å². The van der Waals surface area contributed by atoms with Gasteiger partial charge in [-0.3, -0.25) is 0 Å². The number of hydrogen-bond acceptors (Lipinski definition) is 1. The zero-order valence-corrected chi connectivity index (χ0v) is 12.9. The van der Waals surface area contributed by atoms with Gasteiger partial charge >= 0.3 is 5.97 Å². The first-order valence-electron chi connectivity index (χ1n) is 8.07. The van der Waals surface area contributed by atoms with E-state index in [1.807, 2.05) is 6.92 Å². The molecule has 0 aromatic carbocycles. The highest BCUT2D eigenvalue weighted by Crippen LogP contribution is 2.13. The van der Waals surface area contributed by atoms with E-state index in [9.17, 15) is 4.79 Å². The van der Waals surface area contributed by atoms with E-state index < -0.39 is 5.97 Å². The van der Waals surface area contributed by atoms with Gasteiger partial charge in [0.05, 0.1) is 0 Å². The maximum atomic E-state index is 10.4. The van der Waals surface area contributed by atoms with Gasteiger partial charge in [-0.25, -0.2) is 4.79 Å². The lowest BCUT2D eigenvalue weighted by Crippen LogP contribution is -1.90. The second-order valence-electron chi connectivity index (χ2n) is 5.61. The minimum Gasteiger partial charge on any atom is -0.478 e. The van der Waals surface area contributed by atoms with E-state index in [0.29, 0.717) is 0 Å². The molecule has 2 heteroatoms. The van der Waals surface area contributed by atoms with Crippen molar-refractivity contribution in [2.24, 2.45) is 0 Å². The van der Waals surface area contributed by atoms with Crippen LogP contribution in [0.2, 0.25) is 0 Å². The maximum Gasteiger partial charge on any atom is 0.328 e. The SMILES string of the molecule is CCCCCCCCCCCCC/C(C)=C/C(=O)O. The summed E-state index contributed by atoms with van der Waals surface area (Å²) >= 11 is 0. The van der Waals surface area contributed by atoms with E-state index in [2.05, 4.69) is 6.92 Å². The highest BCUT2D eigenvalue weighted by Gasteiger charge is 1.96. The summed E-state index contributed by atoms with van der Waals surface area (Å²) in [6.07, 6.45) is 17.0. The van der Waals surface area contributed by atoms with Crippen molar-refractivity contribution in [1.82, 2.24) is 0 Å². The number of carboxylic acid groups (broad SMARTS) is 1. The number of carbonyl (C=O) groups is 1. The van der Waals surface area contributed by atoms with Gasteiger partial charge in [0.2, 0.25) is 0 Å². The summed E-state index contributed by atoms with van der Waals surface area (Å²) < 4.78 is 0. The average Bonchev–Trinajstić information content (AvgIpc) is 2.35. The predicted molar refractivity (Wildman–Crippen MR) is 82.5 cm³/mol. The van der Waals surface area contributed by atoms with Crippen molar-refractivity contribution < 1.29 is 9.90 Å². The molecule has 19 heavy (non-hydrogen) atoms. The van der Waals surface area contributed by atoms with Crippen LogP contribution in [0.5, 0.6) is 0 Å². The zero-order chi connectivity index (χ0) is 14.3. The molecule has 0 aromatic heterocycles.